The van der Waals surface area contributed by atoms with Gasteiger partial charge in [-0.05, 0) is 38.0 Å². The summed E-state index contributed by atoms with van der Waals surface area (Å²) < 4.78 is 4.00. The molecule has 0 aromatic carbocycles. The highest BCUT2D eigenvalue weighted by atomic mass is 32.2. The molecule has 160 valence electrons. The molecule has 0 aliphatic carbocycles. The number of aryl methyl sites for hydroxylation is 2. The van der Waals surface area contributed by atoms with E-state index in [4.69, 9.17) is 17.2 Å². The minimum absolute atomic E-state index is 0.183. The maximum atomic E-state index is 13.3. The second-order valence-electron chi connectivity index (χ2n) is 7.07. The van der Waals surface area contributed by atoms with Crippen molar-refractivity contribution in [2.45, 2.75) is 26.8 Å². The average molecular weight is 455 g/mol. The summed E-state index contributed by atoms with van der Waals surface area (Å²) in [5.41, 5.74) is 1.60. The van der Waals surface area contributed by atoms with Crippen molar-refractivity contribution in [1.82, 2.24) is 23.8 Å². The molecule has 3 aromatic heterocycles. The van der Waals surface area contributed by atoms with E-state index in [1.54, 1.807) is 24.8 Å². The molecule has 0 bridgehead atoms. The number of carbonyl (C=O) groups excluding carboxylic acids is 1. The van der Waals surface area contributed by atoms with Crippen molar-refractivity contribution in [2.24, 2.45) is 0 Å². The molecule has 1 fully saturated rings. The van der Waals surface area contributed by atoms with Gasteiger partial charge in [0.25, 0.3) is 11.5 Å². The minimum Gasteiger partial charge on any atom is -0.369 e. The number of hydrogen-bond acceptors (Lipinski definition) is 7. The lowest BCUT2D eigenvalue weighted by atomic mass is 10.2. The van der Waals surface area contributed by atoms with Crippen LogP contribution in [0.4, 0.5) is 5.82 Å². The Morgan fingerprint density at radius 2 is 2.13 bits per heavy atom. The van der Waals surface area contributed by atoms with Crippen LogP contribution in [0.1, 0.15) is 24.5 Å². The van der Waals surface area contributed by atoms with Gasteiger partial charge in [0.05, 0.1) is 16.8 Å². The maximum Gasteiger partial charge on any atom is 0.267 e. The summed E-state index contributed by atoms with van der Waals surface area (Å²) >= 11 is 6.51. The highest BCUT2D eigenvalue weighted by molar-refractivity contribution is 8.26. The van der Waals surface area contributed by atoms with Crippen LogP contribution in [0.25, 0.3) is 11.7 Å². The van der Waals surface area contributed by atoms with Gasteiger partial charge in [-0.1, -0.05) is 30.0 Å². The Balaban J connectivity index is 1.70. The van der Waals surface area contributed by atoms with Gasteiger partial charge in [-0.25, -0.2) is 9.97 Å². The van der Waals surface area contributed by atoms with Gasteiger partial charge < -0.3 is 9.88 Å². The minimum atomic E-state index is -0.229. The predicted molar refractivity (Wildman–Crippen MR) is 127 cm³/mol. The number of nitrogens with zero attached hydrogens (tertiary/aromatic N) is 5. The third-order valence-corrected chi connectivity index (χ3v) is 6.37. The molecule has 3 aromatic rings. The largest absolute Gasteiger partial charge is 0.369 e. The Kier molecular flexibility index (Phi) is 6.19. The number of imidazole rings is 1. The van der Waals surface area contributed by atoms with Crippen molar-refractivity contribution < 1.29 is 4.79 Å². The molecule has 0 atom stereocenters. The SMILES string of the molecule is CCN1C(=O)C(=Cc2c(NCCCn3ccnc3)nc3c(C)cccn3c2=O)SC1=S. The highest BCUT2D eigenvalue weighted by Crippen LogP contribution is 2.32. The van der Waals surface area contributed by atoms with Gasteiger partial charge >= 0.3 is 0 Å². The fraction of sp³-hybridized carbons (Fsp3) is 0.286. The van der Waals surface area contributed by atoms with Crippen LogP contribution in [-0.4, -0.2) is 47.2 Å². The fourth-order valence-electron chi connectivity index (χ4n) is 3.37. The van der Waals surface area contributed by atoms with Crippen molar-refractivity contribution in [2.75, 3.05) is 18.4 Å². The normalized spacial score (nSPS) is 15.4. The average Bonchev–Trinajstić information content (AvgIpc) is 3.36. The summed E-state index contributed by atoms with van der Waals surface area (Å²) in [6, 6.07) is 3.72. The first kappa shape index (κ1) is 21.3. The van der Waals surface area contributed by atoms with Gasteiger partial charge in [-0.15, -0.1) is 0 Å². The molecule has 0 radical (unpaired) electrons. The summed E-state index contributed by atoms with van der Waals surface area (Å²) in [5.74, 6) is 0.281. The molecule has 10 heteroatoms. The molecule has 4 rings (SSSR count). The Labute approximate surface area is 189 Å². The Morgan fingerprint density at radius 1 is 1.29 bits per heavy atom. The number of carbonyl (C=O) groups is 1. The number of nitrogens with one attached hydrogen (secondary N) is 1. The van der Waals surface area contributed by atoms with Crippen LogP contribution in [0.5, 0.6) is 0 Å². The van der Waals surface area contributed by atoms with Crippen LogP contribution in [0.15, 0.2) is 46.8 Å². The molecule has 1 aliphatic heterocycles. The van der Waals surface area contributed by atoms with E-state index in [0.29, 0.717) is 39.3 Å². The number of anilines is 1. The molecular formula is C21H22N6O2S2. The molecule has 1 N–H and O–H groups in total. The zero-order valence-electron chi connectivity index (χ0n) is 17.2. The number of amides is 1. The number of thiocarbonyl (C=S) groups is 1. The summed E-state index contributed by atoms with van der Waals surface area (Å²) in [7, 11) is 0. The highest BCUT2D eigenvalue weighted by Gasteiger charge is 2.31. The zero-order chi connectivity index (χ0) is 22.0. The number of thioether (sulfide) groups is 1. The number of hydrogen-bond donors (Lipinski definition) is 1. The molecule has 1 aliphatic rings. The van der Waals surface area contributed by atoms with E-state index in [-0.39, 0.29) is 11.5 Å². The van der Waals surface area contributed by atoms with Crippen LogP contribution in [0, 0.1) is 6.92 Å². The first-order chi connectivity index (χ1) is 15.0. The topological polar surface area (TPSA) is 84.5 Å². The third kappa shape index (κ3) is 4.26. The Morgan fingerprint density at radius 3 is 2.84 bits per heavy atom. The molecule has 0 saturated carbocycles. The van der Waals surface area contributed by atoms with Crippen LogP contribution in [0.3, 0.4) is 0 Å². The molecule has 0 unspecified atom stereocenters. The van der Waals surface area contributed by atoms with Crippen LogP contribution >= 0.6 is 24.0 Å². The van der Waals surface area contributed by atoms with Gasteiger partial charge in [0.15, 0.2) is 0 Å². The first-order valence-electron chi connectivity index (χ1n) is 9.96. The number of fused-ring (bicyclic) bond motifs is 1. The van der Waals surface area contributed by atoms with E-state index >= 15 is 0 Å². The lowest BCUT2D eigenvalue weighted by Gasteiger charge is -2.12. The zero-order valence-corrected chi connectivity index (χ0v) is 18.9. The number of likely N-dealkylation sites (N-methyl/N-ethyl adjacent to an activating group) is 1. The van der Waals surface area contributed by atoms with Gasteiger partial charge in [-0.2, -0.15) is 0 Å². The molecule has 1 saturated heterocycles. The van der Waals surface area contributed by atoms with Gasteiger partial charge in [0.1, 0.15) is 15.8 Å². The molecule has 4 heterocycles. The van der Waals surface area contributed by atoms with Gasteiger partial charge in [0, 0.05) is 38.2 Å². The standard InChI is InChI=1S/C21H22N6O2S2/c1-3-26-20(29)16(31-21(26)30)12-15-17(23-7-5-9-25-11-8-22-13-25)24-18-14(2)6-4-10-27(18)19(15)28/h4,6,8,10-13,23H,3,5,7,9H2,1-2H3. The second-order valence-corrected chi connectivity index (χ2v) is 8.75. The number of rotatable bonds is 7. The smallest absolute Gasteiger partial charge is 0.267 e. The monoisotopic (exact) mass is 454 g/mol. The van der Waals surface area contributed by atoms with Crippen molar-refractivity contribution in [3.63, 3.8) is 0 Å². The van der Waals surface area contributed by atoms with E-state index in [1.807, 2.05) is 36.7 Å². The maximum absolute atomic E-state index is 13.3. The van der Waals surface area contributed by atoms with Crippen molar-refractivity contribution in [3.05, 3.63) is 63.4 Å². The number of aromatic nitrogens is 4. The lowest BCUT2D eigenvalue weighted by Crippen LogP contribution is -2.27. The van der Waals surface area contributed by atoms with Crippen LogP contribution in [0.2, 0.25) is 0 Å². The lowest BCUT2D eigenvalue weighted by molar-refractivity contribution is -0.121. The quantitative estimate of drug-likeness (QED) is 0.334. The molecule has 1 amide bonds. The van der Waals surface area contributed by atoms with Crippen LogP contribution in [-0.2, 0) is 11.3 Å². The third-order valence-electron chi connectivity index (χ3n) is 4.99. The summed E-state index contributed by atoms with van der Waals surface area (Å²) in [6.45, 7) is 5.69. The molecule has 0 spiro atoms. The van der Waals surface area contributed by atoms with Crippen molar-refractivity contribution >= 4 is 51.7 Å². The summed E-state index contributed by atoms with van der Waals surface area (Å²) in [4.78, 5) is 36.7. The Hall–Kier alpha value is -2.98. The summed E-state index contributed by atoms with van der Waals surface area (Å²) in [6.07, 6.45) is 9.54. The predicted octanol–water partition coefficient (Wildman–Crippen LogP) is 2.92. The van der Waals surface area contributed by atoms with Crippen molar-refractivity contribution in [1.29, 1.82) is 0 Å². The molecular weight excluding hydrogens is 432 g/mol. The first-order valence-corrected chi connectivity index (χ1v) is 11.2. The second kappa shape index (κ2) is 9.03. The van der Waals surface area contributed by atoms with E-state index < -0.39 is 0 Å². The van der Waals surface area contributed by atoms with E-state index in [1.165, 1.54) is 21.1 Å². The molecule has 8 nitrogen and oxygen atoms in total. The fourth-order valence-corrected chi connectivity index (χ4v) is 4.73. The van der Waals surface area contributed by atoms with E-state index in [2.05, 4.69) is 10.3 Å². The van der Waals surface area contributed by atoms with E-state index in [0.717, 1.165) is 18.5 Å². The van der Waals surface area contributed by atoms with Crippen molar-refractivity contribution in [3.8, 4) is 0 Å². The van der Waals surface area contributed by atoms with Gasteiger partial charge in [0.2, 0.25) is 0 Å². The van der Waals surface area contributed by atoms with E-state index in [9.17, 15) is 9.59 Å². The Bertz CT molecular complexity index is 1230. The van der Waals surface area contributed by atoms with Gasteiger partial charge in [-0.3, -0.25) is 18.9 Å². The summed E-state index contributed by atoms with van der Waals surface area (Å²) in [5, 5.41) is 3.29. The van der Waals surface area contributed by atoms with Crippen LogP contribution < -0.4 is 10.9 Å². The molecule has 31 heavy (non-hydrogen) atoms. The number of pyridine rings is 1.